The van der Waals surface area contributed by atoms with Crippen molar-refractivity contribution in [1.29, 1.82) is 0 Å². The number of rotatable bonds is 3. The molecule has 90 valence electrons. The maximum absolute atomic E-state index is 10.9. The van der Waals surface area contributed by atoms with E-state index in [4.69, 9.17) is 9.84 Å². The summed E-state index contributed by atoms with van der Waals surface area (Å²) in [4.78, 5) is 17.3. The van der Waals surface area contributed by atoms with Crippen LogP contribution in [0.25, 0.3) is 10.2 Å². The van der Waals surface area contributed by atoms with Gasteiger partial charge >= 0.3 is 5.97 Å². The van der Waals surface area contributed by atoms with Crippen LogP contribution in [0, 0.1) is 0 Å². The largest absolute Gasteiger partial charge is 0.493 e. The molecular weight excluding hydrogens is 240 g/mol. The fourth-order valence-electron chi connectivity index (χ4n) is 1.57. The molecule has 0 amide bonds. The number of pyridine rings is 1. The molecule has 0 saturated carbocycles. The number of carbonyl (C=O) groups is 1. The lowest BCUT2D eigenvalue weighted by molar-refractivity contribution is 0.0702. The van der Waals surface area contributed by atoms with Gasteiger partial charge in [-0.2, -0.15) is 0 Å². The Hall–Kier alpha value is -1.82. The smallest absolute Gasteiger partial charge is 0.345 e. The number of hydrogen-bond donors (Lipinski definition) is 1. The third-order valence-corrected chi connectivity index (χ3v) is 3.49. The Labute approximate surface area is 102 Å². The van der Waals surface area contributed by atoms with Gasteiger partial charge in [0.2, 0.25) is 0 Å². The SMILES string of the molecule is COc1c(N(C)C)cnc2cc(C(=O)O)sc12. The molecule has 0 radical (unpaired) electrons. The molecule has 0 aromatic carbocycles. The van der Waals surface area contributed by atoms with Gasteiger partial charge in [-0.1, -0.05) is 0 Å². The van der Waals surface area contributed by atoms with E-state index < -0.39 is 5.97 Å². The van der Waals surface area contributed by atoms with Crippen molar-refractivity contribution in [2.75, 3.05) is 26.1 Å². The predicted molar refractivity (Wildman–Crippen MR) is 67.5 cm³/mol. The van der Waals surface area contributed by atoms with E-state index in [0.717, 1.165) is 10.4 Å². The van der Waals surface area contributed by atoms with Crippen LogP contribution in [0.3, 0.4) is 0 Å². The fourth-order valence-corrected chi connectivity index (χ4v) is 2.54. The number of ether oxygens (including phenoxy) is 1. The van der Waals surface area contributed by atoms with Crippen molar-refractivity contribution in [2.24, 2.45) is 0 Å². The van der Waals surface area contributed by atoms with E-state index in [2.05, 4.69) is 4.98 Å². The maximum Gasteiger partial charge on any atom is 0.345 e. The summed E-state index contributed by atoms with van der Waals surface area (Å²) in [5.74, 6) is -0.279. The number of carboxylic acids is 1. The highest BCUT2D eigenvalue weighted by molar-refractivity contribution is 7.21. The Bertz CT molecular complexity index is 577. The lowest BCUT2D eigenvalue weighted by atomic mass is 10.3. The van der Waals surface area contributed by atoms with Crippen molar-refractivity contribution < 1.29 is 14.6 Å². The average Bonchev–Trinajstić information content (AvgIpc) is 2.70. The number of aromatic nitrogens is 1. The molecule has 0 spiro atoms. The number of anilines is 1. The first-order valence-electron chi connectivity index (χ1n) is 4.91. The second-order valence-electron chi connectivity index (χ2n) is 3.70. The molecule has 1 N–H and O–H groups in total. The van der Waals surface area contributed by atoms with Gasteiger partial charge in [0.15, 0.2) is 5.75 Å². The van der Waals surface area contributed by atoms with Gasteiger partial charge in [-0.3, -0.25) is 4.98 Å². The van der Waals surface area contributed by atoms with Gasteiger partial charge in [0.25, 0.3) is 0 Å². The molecule has 0 aliphatic heterocycles. The van der Waals surface area contributed by atoms with Gasteiger partial charge in [0, 0.05) is 14.1 Å². The molecule has 0 fully saturated rings. The first-order chi connectivity index (χ1) is 8.04. The summed E-state index contributed by atoms with van der Waals surface area (Å²) < 4.78 is 6.11. The van der Waals surface area contributed by atoms with Crippen LogP contribution in [0.15, 0.2) is 12.3 Å². The zero-order valence-corrected chi connectivity index (χ0v) is 10.5. The van der Waals surface area contributed by atoms with Crippen LogP contribution in [0.1, 0.15) is 9.67 Å². The normalized spacial score (nSPS) is 10.5. The van der Waals surface area contributed by atoms with E-state index in [0.29, 0.717) is 11.3 Å². The first kappa shape index (κ1) is 11.7. The summed E-state index contributed by atoms with van der Waals surface area (Å²) in [5.41, 5.74) is 1.48. The molecule has 0 aliphatic rings. The number of nitrogens with zero attached hydrogens (tertiary/aromatic N) is 2. The molecule has 2 aromatic heterocycles. The van der Waals surface area contributed by atoms with E-state index in [1.165, 1.54) is 11.3 Å². The number of thiophene rings is 1. The average molecular weight is 252 g/mol. The number of carboxylic acid groups (broad SMARTS) is 1. The minimum Gasteiger partial charge on any atom is -0.493 e. The van der Waals surface area contributed by atoms with Crippen LogP contribution in [0.2, 0.25) is 0 Å². The standard InChI is InChI=1S/C11H12N2O3S/c1-13(2)7-5-12-6-4-8(11(14)15)17-10(6)9(7)16-3/h4-5H,1-3H3,(H,14,15). The third-order valence-electron chi connectivity index (χ3n) is 2.37. The van der Waals surface area contributed by atoms with Gasteiger partial charge in [0.05, 0.1) is 29.2 Å². The van der Waals surface area contributed by atoms with E-state index in [9.17, 15) is 4.79 Å². The number of methoxy groups -OCH3 is 1. The quantitative estimate of drug-likeness (QED) is 0.906. The maximum atomic E-state index is 10.9. The van der Waals surface area contributed by atoms with Crippen LogP contribution < -0.4 is 9.64 Å². The van der Waals surface area contributed by atoms with Crippen molar-refractivity contribution in [3.05, 3.63) is 17.1 Å². The lowest BCUT2D eigenvalue weighted by Gasteiger charge is -2.16. The van der Waals surface area contributed by atoms with E-state index in [1.54, 1.807) is 19.4 Å². The molecule has 0 unspecified atom stereocenters. The van der Waals surface area contributed by atoms with Gasteiger partial charge < -0.3 is 14.7 Å². The van der Waals surface area contributed by atoms with Crippen LogP contribution in [-0.2, 0) is 0 Å². The summed E-state index contributed by atoms with van der Waals surface area (Å²) in [5, 5.41) is 8.96. The van der Waals surface area contributed by atoms with Crippen LogP contribution in [0.5, 0.6) is 5.75 Å². The fraction of sp³-hybridized carbons (Fsp3) is 0.273. The van der Waals surface area contributed by atoms with Crippen LogP contribution in [0.4, 0.5) is 5.69 Å². The molecule has 2 aromatic rings. The molecule has 17 heavy (non-hydrogen) atoms. The van der Waals surface area contributed by atoms with Gasteiger partial charge in [-0.15, -0.1) is 11.3 Å². The zero-order chi connectivity index (χ0) is 12.6. The molecule has 6 heteroatoms. The van der Waals surface area contributed by atoms with Crippen molar-refractivity contribution in [2.45, 2.75) is 0 Å². The van der Waals surface area contributed by atoms with Crippen molar-refractivity contribution in [3.8, 4) is 5.75 Å². The summed E-state index contributed by atoms with van der Waals surface area (Å²) in [6.45, 7) is 0. The summed E-state index contributed by atoms with van der Waals surface area (Å²) in [6, 6.07) is 1.56. The van der Waals surface area contributed by atoms with E-state index in [-0.39, 0.29) is 4.88 Å². The molecule has 0 aliphatic carbocycles. The molecule has 0 atom stereocenters. The Balaban J connectivity index is 2.72. The first-order valence-corrected chi connectivity index (χ1v) is 5.73. The van der Waals surface area contributed by atoms with Crippen molar-refractivity contribution >= 4 is 33.2 Å². The topological polar surface area (TPSA) is 62.7 Å². The van der Waals surface area contributed by atoms with Gasteiger partial charge in [-0.05, 0) is 6.07 Å². The van der Waals surface area contributed by atoms with Crippen molar-refractivity contribution in [3.63, 3.8) is 0 Å². The molecule has 0 saturated heterocycles. The zero-order valence-electron chi connectivity index (χ0n) is 9.72. The number of fused-ring (bicyclic) bond motifs is 1. The molecule has 5 nitrogen and oxygen atoms in total. The highest BCUT2D eigenvalue weighted by Crippen LogP contribution is 2.38. The number of hydrogen-bond acceptors (Lipinski definition) is 5. The third kappa shape index (κ3) is 1.91. The molecule has 2 heterocycles. The highest BCUT2D eigenvalue weighted by atomic mass is 32.1. The monoisotopic (exact) mass is 252 g/mol. The second-order valence-corrected chi connectivity index (χ2v) is 4.75. The van der Waals surface area contributed by atoms with E-state index in [1.807, 2.05) is 19.0 Å². The van der Waals surface area contributed by atoms with Gasteiger partial charge in [0.1, 0.15) is 4.88 Å². The number of aromatic carboxylic acids is 1. The Morgan fingerprint density at radius 2 is 2.24 bits per heavy atom. The Morgan fingerprint density at radius 1 is 1.53 bits per heavy atom. The summed E-state index contributed by atoms with van der Waals surface area (Å²) >= 11 is 1.17. The Morgan fingerprint density at radius 3 is 2.76 bits per heavy atom. The molecule has 0 bridgehead atoms. The molecular formula is C11H12N2O3S. The minimum atomic E-state index is -0.943. The highest BCUT2D eigenvalue weighted by Gasteiger charge is 2.16. The molecule has 2 rings (SSSR count). The van der Waals surface area contributed by atoms with E-state index >= 15 is 0 Å². The summed E-state index contributed by atoms with van der Waals surface area (Å²) in [7, 11) is 5.34. The minimum absolute atomic E-state index is 0.265. The lowest BCUT2D eigenvalue weighted by Crippen LogP contribution is -2.10. The Kier molecular flexibility index (Phi) is 2.89. The van der Waals surface area contributed by atoms with Crippen LogP contribution >= 0.6 is 11.3 Å². The van der Waals surface area contributed by atoms with Gasteiger partial charge in [-0.25, -0.2) is 4.79 Å². The predicted octanol–water partition coefficient (Wildman–Crippen LogP) is 2.07. The van der Waals surface area contributed by atoms with Crippen molar-refractivity contribution in [1.82, 2.24) is 4.98 Å². The second kappa shape index (κ2) is 4.21. The summed E-state index contributed by atoms with van der Waals surface area (Å²) in [6.07, 6.45) is 1.68. The van der Waals surface area contributed by atoms with Crippen LogP contribution in [-0.4, -0.2) is 37.3 Å².